The number of aryl methyl sites for hydroxylation is 1. The minimum Gasteiger partial charge on any atom is -0.481 e. The van der Waals surface area contributed by atoms with Crippen molar-refractivity contribution in [2.45, 2.75) is 44.8 Å². The summed E-state index contributed by atoms with van der Waals surface area (Å²) in [4.78, 5) is 40.6. The highest BCUT2D eigenvalue weighted by Crippen LogP contribution is 2.19. The van der Waals surface area contributed by atoms with Crippen LogP contribution in [0.4, 0.5) is 0 Å². The van der Waals surface area contributed by atoms with E-state index in [0.29, 0.717) is 23.7 Å². The third-order valence-electron chi connectivity index (χ3n) is 4.68. The molecule has 150 valence electrons. The van der Waals surface area contributed by atoms with Crippen molar-refractivity contribution in [1.82, 2.24) is 14.9 Å². The van der Waals surface area contributed by atoms with Gasteiger partial charge in [-0.3, -0.25) is 19.0 Å². The Morgan fingerprint density at radius 3 is 2.89 bits per heavy atom. The van der Waals surface area contributed by atoms with Crippen LogP contribution in [0.15, 0.2) is 23.0 Å². The molecule has 1 saturated heterocycles. The van der Waals surface area contributed by atoms with E-state index in [2.05, 4.69) is 10.3 Å². The Morgan fingerprint density at radius 2 is 2.18 bits per heavy atom. The lowest BCUT2D eigenvalue weighted by molar-refractivity contribution is -0.137. The number of hydrogen-bond acceptors (Lipinski definition) is 5. The quantitative estimate of drug-likeness (QED) is 0.723. The Hall–Kier alpha value is -2.45. The molecule has 1 aromatic heterocycles. The Morgan fingerprint density at radius 1 is 1.36 bits per heavy atom. The summed E-state index contributed by atoms with van der Waals surface area (Å²) in [6, 6.07) is 4.83. The number of para-hydroxylation sites is 1. The van der Waals surface area contributed by atoms with Gasteiger partial charge in [-0.15, -0.1) is 0 Å². The van der Waals surface area contributed by atoms with Crippen molar-refractivity contribution in [2.24, 2.45) is 0 Å². The van der Waals surface area contributed by atoms with E-state index >= 15 is 0 Å². The largest absolute Gasteiger partial charge is 0.481 e. The molecular weight excluding hydrogens is 386 g/mol. The van der Waals surface area contributed by atoms with Gasteiger partial charge in [-0.05, 0) is 31.4 Å². The number of nitrogens with one attached hydrogen (secondary N) is 1. The van der Waals surface area contributed by atoms with Crippen molar-refractivity contribution < 1.29 is 19.4 Å². The van der Waals surface area contributed by atoms with Crippen LogP contribution in [0.3, 0.4) is 0 Å². The van der Waals surface area contributed by atoms with Gasteiger partial charge in [0.1, 0.15) is 12.4 Å². The first-order chi connectivity index (χ1) is 13.5. The van der Waals surface area contributed by atoms with E-state index in [4.69, 9.17) is 21.4 Å². The van der Waals surface area contributed by atoms with Crippen LogP contribution < -0.4 is 10.9 Å². The molecule has 0 aliphatic carbocycles. The average Bonchev–Trinajstić information content (AvgIpc) is 2.68. The summed E-state index contributed by atoms with van der Waals surface area (Å²) in [5.74, 6) is -1.15. The van der Waals surface area contributed by atoms with Crippen molar-refractivity contribution in [3.63, 3.8) is 0 Å². The molecule has 0 radical (unpaired) electrons. The average molecular weight is 408 g/mol. The van der Waals surface area contributed by atoms with Gasteiger partial charge in [-0.1, -0.05) is 17.7 Å². The van der Waals surface area contributed by atoms with Gasteiger partial charge in [0.2, 0.25) is 5.91 Å². The maximum absolute atomic E-state index is 12.9. The molecule has 3 rings (SSSR count). The molecule has 28 heavy (non-hydrogen) atoms. The summed E-state index contributed by atoms with van der Waals surface area (Å²) in [6.07, 6.45) is 2.77. The van der Waals surface area contributed by atoms with E-state index in [0.717, 1.165) is 19.3 Å². The molecule has 0 saturated carbocycles. The highest BCUT2D eigenvalue weighted by Gasteiger charge is 2.18. The zero-order valence-electron chi connectivity index (χ0n) is 15.3. The fourth-order valence-corrected chi connectivity index (χ4v) is 3.44. The Kier molecular flexibility index (Phi) is 6.64. The van der Waals surface area contributed by atoms with Crippen LogP contribution in [0.1, 0.15) is 31.5 Å². The van der Waals surface area contributed by atoms with Crippen molar-refractivity contribution >= 4 is 34.4 Å². The normalized spacial score (nSPS) is 16.8. The number of aromatic nitrogens is 2. The summed E-state index contributed by atoms with van der Waals surface area (Å²) < 4.78 is 6.81. The van der Waals surface area contributed by atoms with Gasteiger partial charge in [0.15, 0.2) is 0 Å². The van der Waals surface area contributed by atoms with Gasteiger partial charge in [0.05, 0.1) is 28.5 Å². The zero-order chi connectivity index (χ0) is 20.1. The Labute approximate surface area is 166 Å². The molecule has 1 atom stereocenters. The van der Waals surface area contributed by atoms with E-state index in [1.165, 1.54) is 4.57 Å². The maximum atomic E-state index is 12.9. The summed E-state index contributed by atoms with van der Waals surface area (Å²) >= 11 is 6.14. The van der Waals surface area contributed by atoms with Gasteiger partial charge in [-0.2, -0.15) is 0 Å². The smallest absolute Gasteiger partial charge is 0.303 e. The first-order valence-corrected chi connectivity index (χ1v) is 9.61. The molecule has 1 unspecified atom stereocenters. The lowest BCUT2D eigenvalue weighted by Crippen LogP contribution is -2.39. The molecule has 1 fully saturated rings. The van der Waals surface area contributed by atoms with Gasteiger partial charge in [0.25, 0.3) is 5.56 Å². The van der Waals surface area contributed by atoms with E-state index in [1.807, 2.05) is 0 Å². The molecule has 8 nitrogen and oxygen atoms in total. The van der Waals surface area contributed by atoms with E-state index < -0.39 is 11.5 Å². The third kappa shape index (κ3) is 4.88. The van der Waals surface area contributed by atoms with Gasteiger partial charge < -0.3 is 15.2 Å². The second kappa shape index (κ2) is 9.16. The predicted octanol–water partition coefficient (Wildman–Crippen LogP) is 1.75. The number of nitrogens with zero attached hydrogens (tertiary/aromatic N) is 2. The van der Waals surface area contributed by atoms with E-state index in [9.17, 15) is 14.4 Å². The first-order valence-electron chi connectivity index (χ1n) is 9.23. The van der Waals surface area contributed by atoms with Crippen molar-refractivity contribution in [3.05, 3.63) is 39.4 Å². The van der Waals surface area contributed by atoms with Crippen LogP contribution in [-0.2, 0) is 27.3 Å². The highest BCUT2D eigenvalue weighted by molar-refractivity contribution is 6.34. The van der Waals surface area contributed by atoms with Crippen LogP contribution in [0.5, 0.6) is 0 Å². The molecule has 1 aromatic carbocycles. The molecular formula is C19H22ClN3O5. The lowest BCUT2D eigenvalue weighted by atomic mass is 10.1. The molecule has 9 heteroatoms. The summed E-state index contributed by atoms with van der Waals surface area (Å²) in [5, 5.41) is 12.4. The van der Waals surface area contributed by atoms with Gasteiger partial charge in [-0.25, -0.2) is 4.98 Å². The SMILES string of the molecule is O=C(O)CCc1nc2c(Cl)cccc2c(=O)n1CC(=O)NCC1CCCCO1. The van der Waals surface area contributed by atoms with Crippen LogP contribution in [-0.4, -0.2) is 45.8 Å². The van der Waals surface area contributed by atoms with Gasteiger partial charge >= 0.3 is 5.97 Å². The number of amides is 1. The van der Waals surface area contributed by atoms with E-state index in [-0.39, 0.29) is 42.6 Å². The van der Waals surface area contributed by atoms with Gasteiger partial charge in [0, 0.05) is 19.6 Å². The van der Waals surface area contributed by atoms with Crippen LogP contribution in [0, 0.1) is 0 Å². The number of hydrogen-bond donors (Lipinski definition) is 2. The fourth-order valence-electron chi connectivity index (χ4n) is 3.22. The van der Waals surface area contributed by atoms with Crippen LogP contribution in [0.25, 0.3) is 10.9 Å². The molecule has 2 heterocycles. The number of carbonyl (C=O) groups excluding carboxylic acids is 1. The molecule has 1 aliphatic rings. The lowest BCUT2D eigenvalue weighted by Gasteiger charge is -2.23. The number of fused-ring (bicyclic) bond motifs is 1. The Balaban J connectivity index is 1.83. The number of halogens is 1. The van der Waals surface area contributed by atoms with Crippen molar-refractivity contribution in [1.29, 1.82) is 0 Å². The molecule has 1 amide bonds. The predicted molar refractivity (Wildman–Crippen MR) is 104 cm³/mol. The summed E-state index contributed by atoms with van der Waals surface area (Å²) in [7, 11) is 0. The third-order valence-corrected chi connectivity index (χ3v) is 4.98. The molecule has 2 aromatic rings. The Bertz CT molecular complexity index is 937. The van der Waals surface area contributed by atoms with Crippen molar-refractivity contribution in [3.8, 4) is 0 Å². The van der Waals surface area contributed by atoms with Crippen molar-refractivity contribution in [2.75, 3.05) is 13.2 Å². The minimum atomic E-state index is -1.01. The second-order valence-electron chi connectivity index (χ2n) is 6.74. The monoisotopic (exact) mass is 407 g/mol. The minimum absolute atomic E-state index is 0.0186. The van der Waals surface area contributed by atoms with E-state index in [1.54, 1.807) is 18.2 Å². The standard InChI is InChI=1S/C19H22ClN3O5/c20-14-6-3-5-13-18(14)22-15(7-8-17(25)26)23(19(13)27)11-16(24)21-10-12-4-1-2-9-28-12/h3,5-6,12H,1-2,4,7-11H2,(H,21,24)(H,25,26). The molecule has 0 bridgehead atoms. The maximum Gasteiger partial charge on any atom is 0.303 e. The van der Waals surface area contributed by atoms with Crippen LogP contribution >= 0.6 is 11.6 Å². The number of benzene rings is 1. The molecule has 2 N–H and O–H groups in total. The molecule has 0 spiro atoms. The number of carboxylic acid groups (broad SMARTS) is 1. The first kappa shape index (κ1) is 20.3. The second-order valence-corrected chi connectivity index (χ2v) is 7.15. The summed E-state index contributed by atoms with van der Waals surface area (Å²) in [6.45, 7) is 0.829. The fraction of sp³-hybridized carbons (Fsp3) is 0.474. The molecule has 1 aliphatic heterocycles. The topological polar surface area (TPSA) is 111 Å². The number of rotatable bonds is 7. The number of carboxylic acids is 1. The highest BCUT2D eigenvalue weighted by atomic mass is 35.5. The van der Waals surface area contributed by atoms with Crippen LogP contribution in [0.2, 0.25) is 5.02 Å². The number of aliphatic carboxylic acids is 1. The number of carbonyl (C=O) groups is 2. The number of ether oxygens (including phenoxy) is 1. The zero-order valence-corrected chi connectivity index (χ0v) is 16.1. The summed E-state index contributed by atoms with van der Waals surface area (Å²) in [5.41, 5.74) is -0.112.